The maximum Gasteiger partial charge on any atom is 0.137 e. The highest BCUT2D eigenvalue weighted by Gasteiger charge is 2.39. The summed E-state index contributed by atoms with van der Waals surface area (Å²) in [7, 11) is 0. The van der Waals surface area contributed by atoms with E-state index in [1.807, 2.05) is 19.1 Å². The average molecular weight is 245 g/mol. The largest absolute Gasteiger partial charge is 0.494 e. The van der Waals surface area contributed by atoms with Crippen LogP contribution in [0.5, 0.6) is 5.75 Å². The molecule has 96 valence electrons. The Morgan fingerprint density at radius 3 is 2.33 bits per heavy atom. The normalized spacial score (nSPS) is 26.5. The van der Waals surface area contributed by atoms with Gasteiger partial charge in [0.15, 0.2) is 0 Å². The summed E-state index contributed by atoms with van der Waals surface area (Å²) in [6.45, 7) is 2.69. The third-order valence-corrected chi connectivity index (χ3v) is 3.99. The summed E-state index contributed by atoms with van der Waals surface area (Å²) in [6.07, 6.45) is 3.76. The maximum absolute atomic E-state index is 11.6. The second kappa shape index (κ2) is 4.63. The number of benzene rings is 1. The third kappa shape index (κ3) is 1.98. The van der Waals surface area contributed by atoms with Crippen LogP contribution in [0.3, 0.4) is 0 Å². The molecule has 2 bridgehead atoms. The van der Waals surface area contributed by atoms with Gasteiger partial charge in [-0.3, -0.25) is 4.79 Å². The molecule has 2 atom stereocenters. The van der Waals surface area contributed by atoms with Gasteiger partial charge in [-0.15, -0.1) is 0 Å². The molecule has 2 aliphatic heterocycles. The lowest BCUT2D eigenvalue weighted by atomic mass is 10.0. The molecule has 2 unspecified atom stereocenters. The summed E-state index contributed by atoms with van der Waals surface area (Å²) in [4.78, 5) is 14.0. The molecule has 18 heavy (non-hydrogen) atoms. The molecule has 2 fully saturated rings. The van der Waals surface area contributed by atoms with Crippen LogP contribution >= 0.6 is 0 Å². The van der Waals surface area contributed by atoms with E-state index < -0.39 is 0 Å². The molecular formula is C15H19NO2. The first-order valence-corrected chi connectivity index (χ1v) is 6.81. The highest BCUT2D eigenvalue weighted by atomic mass is 16.5. The monoisotopic (exact) mass is 245 g/mol. The first-order chi connectivity index (χ1) is 8.78. The highest BCUT2D eigenvalue weighted by Crippen LogP contribution is 2.38. The number of rotatable bonds is 3. The van der Waals surface area contributed by atoms with E-state index in [1.54, 1.807) is 0 Å². The quantitative estimate of drug-likeness (QED) is 0.820. The molecule has 3 nitrogen and oxygen atoms in total. The van der Waals surface area contributed by atoms with Crippen LogP contribution in [0.4, 0.5) is 5.69 Å². The predicted molar refractivity (Wildman–Crippen MR) is 71.1 cm³/mol. The van der Waals surface area contributed by atoms with Crippen LogP contribution in [-0.2, 0) is 4.79 Å². The Labute approximate surface area is 108 Å². The van der Waals surface area contributed by atoms with Crippen molar-refractivity contribution in [2.75, 3.05) is 11.5 Å². The molecule has 0 aliphatic carbocycles. The smallest absolute Gasteiger partial charge is 0.137 e. The van der Waals surface area contributed by atoms with E-state index in [2.05, 4.69) is 17.0 Å². The Hall–Kier alpha value is -1.51. The van der Waals surface area contributed by atoms with Crippen molar-refractivity contribution in [1.29, 1.82) is 0 Å². The van der Waals surface area contributed by atoms with Crippen molar-refractivity contribution in [1.82, 2.24) is 0 Å². The van der Waals surface area contributed by atoms with Gasteiger partial charge in [-0.25, -0.2) is 0 Å². The van der Waals surface area contributed by atoms with E-state index in [9.17, 15) is 4.79 Å². The molecule has 2 saturated heterocycles. The second-order valence-electron chi connectivity index (χ2n) is 5.17. The Morgan fingerprint density at radius 2 is 1.78 bits per heavy atom. The molecule has 0 N–H and O–H groups in total. The number of carbonyl (C=O) groups excluding carboxylic acids is 1. The number of nitrogens with zero attached hydrogens (tertiary/aromatic N) is 1. The molecule has 0 aromatic heterocycles. The number of fused-ring (bicyclic) bond motifs is 2. The maximum atomic E-state index is 11.6. The van der Waals surface area contributed by atoms with E-state index in [0.717, 1.165) is 31.4 Å². The Bertz CT molecular complexity index is 424. The molecule has 0 saturated carbocycles. The first kappa shape index (κ1) is 11.6. The summed E-state index contributed by atoms with van der Waals surface area (Å²) >= 11 is 0. The summed E-state index contributed by atoms with van der Waals surface area (Å²) in [6, 6.07) is 9.13. The zero-order valence-electron chi connectivity index (χ0n) is 10.8. The van der Waals surface area contributed by atoms with Crippen LogP contribution in [-0.4, -0.2) is 24.5 Å². The molecule has 2 heterocycles. The van der Waals surface area contributed by atoms with Gasteiger partial charge in [0.05, 0.1) is 6.61 Å². The van der Waals surface area contributed by atoms with Gasteiger partial charge in [-0.2, -0.15) is 0 Å². The Morgan fingerprint density at radius 1 is 1.17 bits per heavy atom. The van der Waals surface area contributed by atoms with Crippen molar-refractivity contribution in [2.24, 2.45) is 0 Å². The molecule has 1 aromatic carbocycles. The Kier molecular flexibility index (Phi) is 2.98. The molecule has 1 aromatic rings. The van der Waals surface area contributed by atoms with E-state index in [4.69, 9.17) is 4.74 Å². The minimum absolute atomic E-state index is 0.425. The van der Waals surface area contributed by atoms with Crippen LogP contribution in [0.25, 0.3) is 0 Å². The van der Waals surface area contributed by atoms with Gasteiger partial charge in [0.2, 0.25) is 0 Å². The zero-order valence-corrected chi connectivity index (χ0v) is 10.8. The summed E-state index contributed by atoms with van der Waals surface area (Å²) in [5.74, 6) is 1.35. The van der Waals surface area contributed by atoms with Crippen molar-refractivity contribution in [3.8, 4) is 5.75 Å². The lowest BCUT2D eigenvalue weighted by molar-refractivity contribution is -0.120. The first-order valence-electron chi connectivity index (χ1n) is 6.81. The molecule has 0 amide bonds. The number of hydrogen-bond acceptors (Lipinski definition) is 3. The number of ketones is 1. The minimum Gasteiger partial charge on any atom is -0.494 e. The summed E-state index contributed by atoms with van der Waals surface area (Å²) in [5.41, 5.74) is 1.23. The van der Waals surface area contributed by atoms with Gasteiger partial charge in [0, 0.05) is 30.6 Å². The fraction of sp³-hybridized carbons (Fsp3) is 0.533. The number of ether oxygens (including phenoxy) is 1. The van der Waals surface area contributed by atoms with Gasteiger partial charge in [-0.1, -0.05) is 0 Å². The van der Waals surface area contributed by atoms with Gasteiger partial charge in [0.25, 0.3) is 0 Å². The van der Waals surface area contributed by atoms with E-state index >= 15 is 0 Å². The SMILES string of the molecule is CCOc1ccc(N2C3CCC2CC(=O)C3)cc1. The molecular weight excluding hydrogens is 226 g/mol. The van der Waals surface area contributed by atoms with Crippen LogP contribution in [0.1, 0.15) is 32.6 Å². The molecule has 2 aliphatic rings. The van der Waals surface area contributed by atoms with Gasteiger partial charge >= 0.3 is 0 Å². The number of anilines is 1. The topological polar surface area (TPSA) is 29.5 Å². The van der Waals surface area contributed by atoms with Gasteiger partial charge in [0.1, 0.15) is 11.5 Å². The van der Waals surface area contributed by atoms with Crippen molar-refractivity contribution >= 4 is 11.5 Å². The van der Waals surface area contributed by atoms with Crippen LogP contribution in [0, 0.1) is 0 Å². The summed E-state index contributed by atoms with van der Waals surface area (Å²) < 4.78 is 5.46. The average Bonchev–Trinajstić information content (AvgIpc) is 2.64. The fourth-order valence-electron chi connectivity index (χ4n) is 3.27. The molecule has 0 spiro atoms. The minimum atomic E-state index is 0.425. The van der Waals surface area contributed by atoms with Crippen LogP contribution in [0.15, 0.2) is 24.3 Å². The number of hydrogen-bond donors (Lipinski definition) is 0. The number of Topliss-reactive ketones (excluding diaryl/α,β-unsaturated/α-hetero) is 1. The zero-order chi connectivity index (χ0) is 12.5. The van der Waals surface area contributed by atoms with Crippen molar-refractivity contribution in [3.63, 3.8) is 0 Å². The van der Waals surface area contributed by atoms with Gasteiger partial charge < -0.3 is 9.64 Å². The van der Waals surface area contributed by atoms with Crippen LogP contribution in [0.2, 0.25) is 0 Å². The van der Waals surface area contributed by atoms with Gasteiger partial charge in [-0.05, 0) is 44.0 Å². The Balaban J connectivity index is 1.80. The lowest BCUT2D eigenvalue weighted by Gasteiger charge is -2.36. The van der Waals surface area contributed by atoms with Crippen molar-refractivity contribution in [2.45, 2.75) is 44.7 Å². The lowest BCUT2D eigenvalue weighted by Crippen LogP contribution is -2.43. The number of piperidine rings is 1. The predicted octanol–water partition coefficient (Wildman–Crippen LogP) is 2.79. The standard InChI is InChI=1S/C15H19NO2/c1-2-18-15-7-5-11(6-8-15)16-12-3-4-13(16)10-14(17)9-12/h5-8,12-13H,2-4,9-10H2,1H3. The van der Waals surface area contributed by atoms with Crippen molar-refractivity contribution in [3.05, 3.63) is 24.3 Å². The molecule has 0 radical (unpaired) electrons. The van der Waals surface area contributed by atoms with Crippen LogP contribution < -0.4 is 9.64 Å². The molecule has 3 heteroatoms. The van der Waals surface area contributed by atoms with E-state index in [-0.39, 0.29) is 0 Å². The molecule has 3 rings (SSSR count). The van der Waals surface area contributed by atoms with E-state index in [1.165, 1.54) is 5.69 Å². The van der Waals surface area contributed by atoms with Crippen molar-refractivity contribution < 1.29 is 9.53 Å². The van der Waals surface area contributed by atoms with E-state index in [0.29, 0.717) is 24.5 Å². The second-order valence-corrected chi connectivity index (χ2v) is 5.17. The number of carbonyl (C=O) groups is 1. The summed E-state index contributed by atoms with van der Waals surface area (Å²) in [5, 5.41) is 0. The third-order valence-electron chi connectivity index (χ3n) is 3.99. The highest BCUT2D eigenvalue weighted by molar-refractivity contribution is 5.83. The fourth-order valence-corrected chi connectivity index (χ4v) is 3.27.